The Kier molecular flexibility index (Phi) is 6.53. The number of nitrogens with zero attached hydrogens (tertiary/aromatic N) is 4. The van der Waals surface area contributed by atoms with Crippen LogP contribution in [0.15, 0.2) is 28.5 Å². The number of carbonyl (C=O) groups excluding carboxylic acids is 1. The first-order valence-electron chi connectivity index (χ1n) is 10.8. The Bertz CT molecular complexity index is 1340. The van der Waals surface area contributed by atoms with Crippen molar-refractivity contribution in [1.29, 1.82) is 0 Å². The summed E-state index contributed by atoms with van der Waals surface area (Å²) < 4.78 is 55.8. The van der Waals surface area contributed by atoms with Gasteiger partial charge in [0.25, 0.3) is 10.0 Å². The van der Waals surface area contributed by atoms with Crippen LogP contribution in [0, 0.1) is 17.6 Å². The van der Waals surface area contributed by atoms with Crippen LogP contribution < -0.4 is 4.90 Å². The largest absolute Gasteiger partial charge is 0.345 e. The zero-order valence-corrected chi connectivity index (χ0v) is 21.1. The quantitative estimate of drug-likeness (QED) is 0.494. The smallest absolute Gasteiger partial charge is 0.252 e. The molecule has 2 aliphatic heterocycles. The fraction of sp³-hybridized carbons (Fsp3) is 0.429. The van der Waals surface area contributed by atoms with Crippen LogP contribution in [0.1, 0.15) is 12.8 Å². The van der Waals surface area contributed by atoms with Gasteiger partial charge in [-0.25, -0.2) is 22.2 Å². The minimum atomic E-state index is -3.68. The average molecular weight is 547 g/mol. The normalized spacial score (nSPS) is 20.3. The van der Waals surface area contributed by atoms with Crippen LogP contribution in [0.4, 0.5) is 13.9 Å². The van der Waals surface area contributed by atoms with Crippen LogP contribution >= 0.6 is 34.3 Å². The van der Waals surface area contributed by atoms with Gasteiger partial charge in [0.05, 0.1) is 15.0 Å². The molecule has 1 atom stereocenters. The lowest BCUT2D eigenvalue weighted by atomic mass is 9.98. The third-order valence-electron chi connectivity index (χ3n) is 6.14. The molecule has 2 saturated heterocycles. The van der Waals surface area contributed by atoms with E-state index in [1.807, 2.05) is 4.90 Å². The number of rotatable bonds is 4. The standard InChI is InChI=1S/C21H21ClF2N4O3S3/c22-17-3-4-18(33-17)34(30,31)28-5-1-2-13(12-28)20(29)26-6-8-27(9-7-26)21-25-19-15(24)10-14(23)11-16(19)32-21/h3-4,10-11,13H,1-2,5-9,12H2. The summed E-state index contributed by atoms with van der Waals surface area (Å²) >= 11 is 8.15. The number of benzene rings is 1. The number of aromatic nitrogens is 1. The molecule has 2 aromatic heterocycles. The number of amides is 1. The van der Waals surface area contributed by atoms with Crippen molar-refractivity contribution >= 4 is 65.6 Å². The van der Waals surface area contributed by atoms with E-state index in [1.54, 1.807) is 11.0 Å². The number of carbonyl (C=O) groups is 1. The third-order valence-corrected chi connectivity index (χ3v) is 10.8. The lowest BCUT2D eigenvalue weighted by Crippen LogP contribution is -2.53. The maximum Gasteiger partial charge on any atom is 0.252 e. The SMILES string of the molecule is O=C(C1CCCN(S(=O)(=O)c2ccc(Cl)s2)C1)N1CCN(c2nc3c(F)cc(F)cc3s2)CC1. The van der Waals surface area contributed by atoms with Gasteiger partial charge in [-0.3, -0.25) is 4.79 Å². The number of fused-ring (bicyclic) bond motifs is 1. The number of thiophene rings is 1. The zero-order chi connectivity index (χ0) is 24.0. The highest BCUT2D eigenvalue weighted by atomic mass is 35.5. The first kappa shape index (κ1) is 23.9. The van der Waals surface area contributed by atoms with E-state index in [4.69, 9.17) is 11.6 Å². The molecule has 1 aromatic carbocycles. The number of anilines is 1. The highest BCUT2D eigenvalue weighted by Crippen LogP contribution is 2.33. The number of hydrogen-bond acceptors (Lipinski definition) is 7. The number of thiazole rings is 1. The van der Waals surface area contributed by atoms with Gasteiger partial charge in [-0.05, 0) is 31.0 Å². The lowest BCUT2D eigenvalue weighted by molar-refractivity contribution is -0.137. The van der Waals surface area contributed by atoms with Gasteiger partial charge in [0.1, 0.15) is 15.5 Å². The van der Waals surface area contributed by atoms with Crippen molar-refractivity contribution in [3.05, 3.63) is 40.2 Å². The molecule has 0 aliphatic carbocycles. The summed E-state index contributed by atoms with van der Waals surface area (Å²) in [4.78, 5) is 21.2. The molecule has 2 fully saturated rings. The third kappa shape index (κ3) is 4.53. The molecule has 0 saturated carbocycles. The summed E-state index contributed by atoms with van der Waals surface area (Å²) in [6.07, 6.45) is 1.25. The minimum Gasteiger partial charge on any atom is -0.345 e. The Hall–Kier alpha value is -1.86. The molecule has 3 aromatic rings. The maximum absolute atomic E-state index is 14.0. The van der Waals surface area contributed by atoms with Crippen LogP contribution in [0.5, 0.6) is 0 Å². The van der Waals surface area contributed by atoms with E-state index in [0.29, 0.717) is 59.7 Å². The topological polar surface area (TPSA) is 73.8 Å². The molecular weight excluding hydrogens is 526 g/mol. The van der Waals surface area contributed by atoms with Crippen molar-refractivity contribution in [2.45, 2.75) is 17.1 Å². The van der Waals surface area contributed by atoms with Gasteiger partial charge in [-0.1, -0.05) is 22.9 Å². The van der Waals surface area contributed by atoms with Crippen molar-refractivity contribution < 1.29 is 22.0 Å². The molecule has 7 nitrogen and oxygen atoms in total. The van der Waals surface area contributed by atoms with E-state index in [9.17, 15) is 22.0 Å². The van der Waals surface area contributed by atoms with Gasteiger partial charge >= 0.3 is 0 Å². The molecular formula is C21H21ClF2N4O3S3. The molecule has 34 heavy (non-hydrogen) atoms. The Morgan fingerprint density at radius 1 is 1.09 bits per heavy atom. The molecule has 5 rings (SSSR count). The van der Waals surface area contributed by atoms with Crippen LogP contribution in [-0.4, -0.2) is 67.8 Å². The molecule has 1 unspecified atom stereocenters. The fourth-order valence-corrected chi connectivity index (χ4v) is 8.60. The van der Waals surface area contributed by atoms with E-state index >= 15 is 0 Å². The van der Waals surface area contributed by atoms with Gasteiger partial charge in [0.15, 0.2) is 10.9 Å². The average Bonchev–Trinajstić information content (AvgIpc) is 3.46. The van der Waals surface area contributed by atoms with Gasteiger partial charge in [-0.2, -0.15) is 4.31 Å². The van der Waals surface area contributed by atoms with Crippen molar-refractivity contribution in [3.63, 3.8) is 0 Å². The van der Waals surface area contributed by atoms with Crippen LogP contribution in [0.3, 0.4) is 0 Å². The number of hydrogen-bond donors (Lipinski definition) is 0. The Labute approximate surface area is 208 Å². The summed E-state index contributed by atoms with van der Waals surface area (Å²) in [6, 6.07) is 5.15. The van der Waals surface area contributed by atoms with Gasteiger partial charge < -0.3 is 9.80 Å². The molecule has 2 aliphatic rings. The summed E-state index contributed by atoms with van der Waals surface area (Å²) in [6.45, 7) is 2.46. The van der Waals surface area contributed by atoms with E-state index in [1.165, 1.54) is 27.8 Å². The lowest BCUT2D eigenvalue weighted by Gasteiger charge is -2.38. The monoisotopic (exact) mass is 546 g/mol. The second-order valence-electron chi connectivity index (χ2n) is 8.30. The Morgan fingerprint density at radius 3 is 2.56 bits per heavy atom. The highest BCUT2D eigenvalue weighted by Gasteiger charge is 2.36. The molecule has 1 amide bonds. The van der Waals surface area contributed by atoms with Crippen molar-refractivity contribution in [2.75, 3.05) is 44.2 Å². The molecule has 0 N–H and O–H groups in total. The van der Waals surface area contributed by atoms with Crippen LogP contribution in [-0.2, 0) is 14.8 Å². The minimum absolute atomic E-state index is 0.0545. The van der Waals surface area contributed by atoms with Crippen LogP contribution in [0.2, 0.25) is 4.34 Å². The summed E-state index contributed by atoms with van der Waals surface area (Å²) in [5.74, 6) is -1.78. The summed E-state index contributed by atoms with van der Waals surface area (Å²) in [7, 11) is -3.68. The summed E-state index contributed by atoms with van der Waals surface area (Å²) in [5, 5.41) is 0.594. The number of piperidine rings is 1. The predicted molar refractivity (Wildman–Crippen MR) is 129 cm³/mol. The van der Waals surface area contributed by atoms with Crippen molar-refractivity contribution in [1.82, 2.24) is 14.2 Å². The Morgan fingerprint density at radius 2 is 1.85 bits per heavy atom. The van der Waals surface area contributed by atoms with Gasteiger partial charge in [0, 0.05) is 45.3 Å². The Balaban J connectivity index is 1.23. The fourth-order valence-electron chi connectivity index (χ4n) is 4.38. The van der Waals surface area contributed by atoms with Crippen LogP contribution in [0.25, 0.3) is 10.2 Å². The molecule has 0 spiro atoms. The molecule has 0 radical (unpaired) electrons. The predicted octanol–water partition coefficient (Wildman–Crippen LogP) is 4.04. The van der Waals surface area contributed by atoms with E-state index < -0.39 is 27.6 Å². The first-order valence-corrected chi connectivity index (χ1v) is 14.2. The van der Waals surface area contributed by atoms with E-state index in [-0.39, 0.29) is 22.2 Å². The number of sulfonamides is 1. The summed E-state index contributed by atoms with van der Waals surface area (Å²) in [5.41, 5.74) is 0.149. The van der Waals surface area contributed by atoms with E-state index in [2.05, 4.69) is 4.98 Å². The first-order chi connectivity index (χ1) is 16.2. The van der Waals surface area contributed by atoms with Crippen molar-refractivity contribution in [2.24, 2.45) is 5.92 Å². The number of halogens is 3. The second-order valence-corrected chi connectivity index (χ2v) is 13.2. The number of piperazine rings is 1. The second kappa shape index (κ2) is 9.30. The van der Waals surface area contributed by atoms with Gasteiger partial charge in [-0.15, -0.1) is 11.3 Å². The highest BCUT2D eigenvalue weighted by molar-refractivity contribution is 7.91. The zero-order valence-electron chi connectivity index (χ0n) is 17.9. The molecule has 4 heterocycles. The molecule has 182 valence electrons. The maximum atomic E-state index is 14.0. The van der Waals surface area contributed by atoms with Crippen molar-refractivity contribution in [3.8, 4) is 0 Å². The molecule has 0 bridgehead atoms. The van der Waals surface area contributed by atoms with Gasteiger partial charge in [0.2, 0.25) is 5.91 Å². The van der Waals surface area contributed by atoms with E-state index in [0.717, 1.165) is 17.4 Å². The molecule has 13 heteroatoms.